The fourth-order valence-corrected chi connectivity index (χ4v) is 5.40. The van der Waals surface area contributed by atoms with Crippen LogP contribution >= 0.6 is 22.9 Å². The lowest BCUT2D eigenvalue weighted by atomic mass is 10.2. The average Bonchev–Trinajstić information content (AvgIpc) is 3.16. The number of rotatable bonds is 6. The second kappa shape index (κ2) is 8.93. The lowest BCUT2D eigenvalue weighted by Gasteiger charge is -2.20. The van der Waals surface area contributed by atoms with Crippen LogP contribution in [0.15, 0.2) is 71.6 Å². The van der Waals surface area contributed by atoms with Crippen LogP contribution in [-0.4, -0.2) is 25.1 Å². The number of amides is 1. The van der Waals surface area contributed by atoms with Gasteiger partial charge in [-0.2, -0.15) is 0 Å². The molecule has 1 amide bonds. The highest BCUT2D eigenvalue weighted by molar-refractivity contribution is 7.92. The summed E-state index contributed by atoms with van der Waals surface area (Å²) in [6.07, 6.45) is 0. The van der Waals surface area contributed by atoms with E-state index in [2.05, 4.69) is 4.98 Å². The Morgan fingerprint density at radius 3 is 2.41 bits per heavy atom. The van der Waals surface area contributed by atoms with Crippen molar-refractivity contribution in [1.29, 1.82) is 0 Å². The smallest absolute Gasteiger partial charge is 0.244 e. The molecule has 5 nitrogen and oxygen atoms in total. The zero-order valence-electron chi connectivity index (χ0n) is 16.3. The molecular formula is C22H15ClF2N2O3S2. The fraction of sp³-hybridized carbons (Fsp3) is 0.0909. The highest BCUT2D eigenvalue weighted by Gasteiger charge is 2.27. The molecule has 3 aromatic carbocycles. The number of fused-ring (bicyclic) bond motifs is 1. The van der Waals surface area contributed by atoms with E-state index in [-0.39, 0.29) is 26.8 Å². The zero-order valence-corrected chi connectivity index (χ0v) is 18.7. The summed E-state index contributed by atoms with van der Waals surface area (Å²) in [7, 11) is -3.97. The van der Waals surface area contributed by atoms with Crippen molar-refractivity contribution in [2.24, 2.45) is 0 Å². The minimum Gasteiger partial charge on any atom is -0.283 e. The number of benzene rings is 3. The van der Waals surface area contributed by atoms with Gasteiger partial charge in [-0.3, -0.25) is 9.69 Å². The molecule has 10 heteroatoms. The maximum Gasteiger partial charge on any atom is 0.244 e. The van der Waals surface area contributed by atoms with Gasteiger partial charge < -0.3 is 0 Å². The molecule has 0 bridgehead atoms. The van der Waals surface area contributed by atoms with E-state index < -0.39 is 33.1 Å². The number of sulfone groups is 1. The minimum atomic E-state index is -3.97. The van der Waals surface area contributed by atoms with E-state index in [1.54, 1.807) is 30.3 Å². The van der Waals surface area contributed by atoms with Gasteiger partial charge in [0.25, 0.3) is 0 Å². The number of anilines is 1. The van der Waals surface area contributed by atoms with E-state index >= 15 is 0 Å². The average molecular weight is 493 g/mol. The summed E-state index contributed by atoms with van der Waals surface area (Å²) in [4.78, 5) is 18.4. The van der Waals surface area contributed by atoms with Gasteiger partial charge in [-0.25, -0.2) is 22.2 Å². The molecule has 164 valence electrons. The van der Waals surface area contributed by atoms with Crippen molar-refractivity contribution in [3.63, 3.8) is 0 Å². The molecule has 4 aromatic rings. The molecule has 0 aliphatic carbocycles. The Morgan fingerprint density at radius 1 is 1.03 bits per heavy atom. The molecule has 0 spiro atoms. The van der Waals surface area contributed by atoms with Gasteiger partial charge >= 0.3 is 0 Å². The molecule has 0 radical (unpaired) electrons. The Hall–Kier alpha value is -2.88. The van der Waals surface area contributed by atoms with Crippen LogP contribution < -0.4 is 4.90 Å². The SMILES string of the molecule is O=C(CS(=O)(=O)c1ccc(Cl)cc1)N(Cc1ccccc1)c1nc2c(F)cc(F)cc2s1. The van der Waals surface area contributed by atoms with Crippen LogP contribution in [0.4, 0.5) is 13.9 Å². The molecule has 1 heterocycles. The Balaban J connectivity index is 1.71. The molecule has 1 aromatic heterocycles. The van der Waals surface area contributed by atoms with Crippen molar-refractivity contribution in [3.05, 3.63) is 89.0 Å². The maximum absolute atomic E-state index is 14.2. The number of aromatic nitrogens is 1. The first-order valence-corrected chi connectivity index (χ1v) is 12.2. The van der Waals surface area contributed by atoms with Crippen LogP contribution in [0.2, 0.25) is 5.02 Å². The molecule has 0 aliphatic rings. The standard InChI is InChI=1S/C22H15ClF2N2O3S2/c23-15-6-8-17(9-7-15)32(29,30)13-20(28)27(12-14-4-2-1-3-5-14)22-26-21-18(25)10-16(24)11-19(21)31-22/h1-11H,12-13H2. The zero-order chi connectivity index (χ0) is 22.9. The number of hydrogen-bond donors (Lipinski definition) is 0. The monoisotopic (exact) mass is 492 g/mol. The number of hydrogen-bond acceptors (Lipinski definition) is 5. The first kappa shape index (κ1) is 22.3. The molecular weight excluding hydrogens is 478 g/mol. The van der Waals surface area contributed by atoms with Crippen molar-refractivity contribution in [1.82, 2.24) is 4.98 Å². The van der Waals surface area contributed by atoms with E-state index in [4.69, 9.17) is 11.6 Å². The summed E-state index contributed by atoms with van der Waals surface area (Å²) in [6, 6.07) is 16.2. The van der Waals surface area contributed by atoms with Crippen LogP contribution in [0.25, 0.3) is 10.2 Å². The minimum absolute atomic E-state index is 0.0136. The Kier molecular flexibility index (Phi) is 6.23. The Morgan fingerprint density at radius 2 is 1.72 bits per heavy atom. The molecule has 4 rings (SSSR count). The highest BCUT2D eigenvalue weighted by Crippen LogP contribution is 2.32. The van der Waals surface area contributed by atoms with Gasteiger partial charge in [0.2, 0.25) is 5.91 Å². The molecule has 0 fully saturated rings. The Bertz CT molecular complexity index is 1390. The molecule has 0 atom stereocenters. The molecule has 0 unspecified atom stereocenters. The van der Waals surface area contributed by atoms with E-state index in [1.165, 1.54) is 29.2 Å². The van der Waals surface area contributed by atoms with Crippen molar-refractivity contribution in [2.45, 2.75) is 11.4 Å². The molecule has 0 aliphatic heterocycles. The number of nitrogens with zero attached hydrogens (tertiary/aromatic N) is 2. The predicted molar refractivity (Wildman–Crippen MR) is 121 cm³/mol. The lowest BCUT2D eigenvalue weighted by molar-refractivity contribution is -0.116. The third kappa shape index (κ3) is 4.79. The summed E-state index contributed by atoms with van der Waals surface area (Å²) < 4.78 is 53.6. The van der Waals surface area contributed by atoms with Crippen molar-refractivity contribution in [2.75, 3.05) is 10.7 Å². The normalized spacial score (nSPS) is 11.6. The summed E-state index contributed by atoms with van der Waals surface area (Å²) in [5.41, 5.74) is 0.633. The van der Waals surface area contributed by atoms with E-state index in [0.29, 0.717) is 11.1 Å². The summed E-state index contributed by atoms with van der Waals surface area (Å²) in [5.74, 6) is -3.20. The first-order valence-electron chi connectivity index (χ1n) is 9.31. The summed E-state index contributed by atoms with van der Waals surface area (Å²) in [6.45, 7) is 0.0136. The van der Waals surface area contributed by atoms with Gasteiger partial charge in [0, 0.05) is 11.1 Å². The van der Waals surface area contributed by atoms with Gasteiger partial charge in [0.15, 0.2) is 20.8 Å². The van der Waals surface area contributed by atoms with Gasteiger partial charge in [-0.1, -0.05) is 53.3 Å². The third-order valence-corrected chi connectivity index (χ3v) is 7.50. The molecule has 0 saturated heterocycles. The molecule has 32 heavy (non-hydrogen) atoms. The van der Waals surface area contributed by atoms with Crippen LogP contribution in [0, 0.1) is 11.6 Å². The van der Waals surface area contributed by atoms with Gasteiger partial charge in [-0.05, 0) is 35.9 Å². The van der Waals surface area contributed by atoms with E-state index in [9.17, 15) is 22.0 Å². The van der Waals surface area contributed by atoms with Gasteiger partial charge in [-0.15, -0.1) is 0 Å². The van der Waals surface area contributed by atoms with E-state index in [1.807, 2.05) is 0 Å². The number of thiazole rings is 1. The molecule has 0 N–H and O–H groups in total. The van der Waals surface area contributed by atoms with Crippen LogP contribution in [-0.2, 0) is 21.2 Å². The summed E-state index contributed by atoms with van der Waals surface area (Å²) in [5, 5.41) is 0.439. The second-order valence-corrected chi connectivity index (χ2v) is 10.3. The van der Waals surface area contributed by atoms with Crippen molar-refractivity contribution >= 4 is 54.0 Å². The van der Waals surface area contributed by atoms with Crippen molar-refractivity contribution < 1.29 is 22.0 Å². The number of halogens is 3. The van der Waals surface area contributed by atoms with E-state index in [0.717, 1.165) is 23.0 Å². The maximum atomic E-state index is 14.2. The van der Waals surface area contributed by atoms with Gasteiger partial charge in [0.1, 0.15) is 17.1 Å². The van der Waals surface area contributed by atoms with Gasteiger partial charge in [0.05, 0.1) is 16.1 Å². The number of carbonyl (C=O) groups excluding carboxylic acids is 1. The fourth-order valence-electron chi connectivity index (χ4n) is 3.06. The highest BCUT2D eigenvalue weighted by atomic mass is 35.5. The molecule has 0 saturated carbocycles. The summed E-state index contributed by atoms with van der Waals surface area (Å²) >= 11 is 6.72. The van der Waals surface area contributed by atoms with Crippen molar-refractivity contribution in [3.8, 4) is 0 Å². The Labute approximate surface area is 191 Å². The first-order chi connectivity index (χ1) is 15.2. The van der Waals surface area contributed by atoms with Crippen LogP contribution in [0.3, 0.4) is 0 Å². The predicted octanol–water partition coefficient (Wildman–Crippen LogP) is 5.24. The third-order valence-electron chi connectivity index (χ3n) is 4.60. The topological polar surface area (TPSA) is 67.3 Å². The quantitative estimate of drug-likeness (QED) is 0.369. The number of carbonyl (C=O) groups is 1. The van der Waals surface area contributed by atoms with Crippen LogP contribution in [0.5, 0.6) is 0 Å². The lowest BCUT2D eigenvalue weighted by Crippen LogP contribution is -2.35. The second-order valence-electron chi connectivity index (χ2n) is 6.91. The largest absolute Gasteiger partial charge is 0.283 e. The van der Waals surface area contributed by atoms with Crippen LogP contribution in [0.1, 0.15) is 5.56 Å².